The Labute approximate surface area is 188 Å². The molecule has 0 radical (unpaired) electrons. The summed E-state index contributed by atoms with van der Waals surface area (Å²) in [5, 5.41) is 6.19. The van der Waals surface area contributed by atoms with E-state index in [0.29, 0.717) is 46.1 Å². The third-order valence-corrected chi connectivity index (χ3v) is 6.16. The first kappa shape index (κ1) is 21.2. The highest BCUT2D eigenvalue weighted by molar-refractivity contribution is 7.18. The molecular weight excluding hydrogens is 436 g/mol. The molecule has 0 unspecified atom stereocenters. The summed E-state index contributed by atoms with van der Waals surface area (Å²) in [5.41, 5.74) is 4.23. The number of hydrogen-bond acceptors (Lipinski definition) is 6. The van der Waals surface area contributed by atoms with E-state index in [-0.39, 0.29) is 11.9 Å². The Morgan fingerprint density at radius 1 is 1.26 bits per heavy atom. The minimum Gasteiger partial charge on any atom is -0.338 e. The molecule has 4 rings (SSSR count). The van der Waals surface area contributed by atoms with Crippen molar-refractivity contribution in [1.29, 1.82) is 0 Å². The van der Waals surface area contributed by atoms with E-state index in [1.807, 2.05) is 26.8 Å². The standard InChI is InChI=1S/C21H21ClN6O2S/c1-4-23-20(30)27-21-26-15-5-6-28(19(29)18(15)31-21)16-8-13(14(22)10-24-16)17-12(3)7-11(2)9-25-17/h7-10H,4-6H2,1-3H3,(H2,23,26,27,30). The molecule has 0 aliphatic carbocycles. The van der Waals surface area contributed by atoms with Crippen molar-refractivity contribution in [3.63, 3.8) is 0 Å². The number of thiazole rings is 1. The van der Waals surface area contributed by atoms with Gasteiger partial charge in [0.1, 0.15) is 10.7 Å². The minimum atomic E-state index is -0.345. The molecule has 3 aromatic heterocycles. The largest absolute Gasteiger partial charge is 0.338 e. The summed E-state index contributed by atoms with van der Waals surface area (Å²) >= 11 is 7.58. The lowest BCUT2D eigenvalue weighted by Gasteiger charge is -2.25. The van der Waals surface area contributed by atoms with Gasteiger partial charge in [0.25, 0.3) is 5.91 Å². The monoisotopic (exact) mass is 456 g/mol. The van der Waals surface area contributed by atoms with Gasteiger partial charge in [-0.15, -0.1) is 0 Å². The predicted molar refractivity (Wildman–Crippen MR) is 122 cm³/mol. The number of nitrogens with one attached hydrogen (secondary N) is 2. The van der Waals surface area contributed by atoms with Crippen molar-refractivity contribution < 1.29 is 9.59 Å². The zero-order valence-electron chi connectivity index (χ0n) is 17.3. The van der Waals surface area contributed by atoms with Crippen molar-refractivity contribution in [3.8, 4) is 11.3 Å². The van der Waals surface area contributed by atoms with Crippen LogP contribution in [0.15, 0.2) is 24.5 Å². The van der Waals surface area contributed by atoms with Gasteiger partial charge in [-0.3, -0.25) is 20.0 Å². The smallest absolute Gasteiger partial charge is 0.321 e. The Bertz CT molecular complexity index is 1180. The average Bonchev–Trinajstić information content (AvgIpc) is 3.13. The summed E-state index contributed by atoms with van der Waals surface area (Å²) < 4.78 is 0. The van der Waals surface area contributed by atoms with E-state index < -0.39 is 0 Å². The number of carbonyl (C=O) groups is 2. The van der Waals surface area contributed by atoms with E-state index >= 15 is 0 Å². The third-order valence-electron chi connectivity index (χ3n) is 4.85. The van der Waals surface area contributed by atoms with Crippen molar-refractivity contribution in [2.45, 2.75) is 27.2 Å². The molecule has 0 fully saturated rings. The molecule has 31 heavy (non-hydrogen) atoms. The second-order valence-electron chi connectivity index (χ2n) is 7.19. The topological polar surface area (TPSA) is 100 Å². The molecule has 3 amide bonds. The number of rotatable bonds is 4. The highest BCUT2D eigenvalue weighted by atomic mass is 35.5. The van der Waals surface area contributed by atoms with Crippen LogP contribution in [0.25, 0.3) is 11.3 Å². The maximum Gasteiger partial charge on any atom is 0.321 e. The van der Waals surface area contributed by atoms with Gasteiger partial charge >= 0.3 is 6.03 Å². The number of anilines is 2. The number of halogens is 1. The SMILES string of the molecule is CCNC(=O)Nc1nc2c(s1)C(=O)N(c1cc(-c3ncc(C)cc3C)c(Cl)cn1)CC2. The number of fused-ring (bicyclic) bond motifs is 1. The first-order valence-electron chi connectivity index (χ1n) is 9.83. The van der Waals surface area contributed by atoms with E-state index in [1.54, 1.807) is 23.4 Å². The van der Waals surface area contributed by atoms with Gasteiger partial charge in [0.15, 0.2) is 5.13 Å². The van der Waals surface area contributed by atoms with Gasteiger partial charge in [0, 0.05) is 37.5 Å². The van der Waals surface area contributed by atoms with Gasteiger partial charge in [-0.1, -0.05) is 29.0 Å². The predicted octanol–water partition coefficient (Wildman–Crippen LogP) is 4.21. The molecule has 10 heteroatoms. The first-order valence-corrected chi connectivity index (χ1v) is 11.0. The Morgan fingerprint density at radius 3 is 2.81 bits per heavy atom. The number of aromatic nitrogens is 3. The van der Waals surface area contributed by atoms with E-state index in [2.05, 4.69) is 25.6 Å². The zero-order chi connectivity index (χ0) is 22.1. The Hall–Kier alpha value is -3.04. The van der Waals surface area contributed by atoms with Gasteiger partial charge in [0.2, 0.25) is 0 Å². The molecule has 0 saturated carbocycles. The number of hydrogen-bond donors (Lipinski definition) is 2. The maximum atomic E-state index is 13.2. The van der Waals surface area contributed by atoms with Crippen LogP contribution in [-0.4, -0.2) is 40.0 Å². The second kappa shape index (κ2) is 8.60. The Morgan fingerprint density at radius 2 is 2.06 bits per heavy atom. The number of amides is 3. The fourth-order valence-electron chi connectivity index (χ4n) is 3.46. The fourth-order valence-corrected chi connectivity index (χ4v) is 4.61. The van der Waals surface area contributed by atoms with Gasteiger partial charge in [-0.25, -0.2) is 14.8 Å². The molecule has 1 aliphatic rings. The Kier molecular flexibility index (Phi) is 5.88. The van der Waals surface area contributed by atoms with Crippen LogP contribution in [0.2, 0.25) is 5.02 Å². The summed E-state index contributed by atoms with van der Waals surface area (Å²) in [6.45, 7) is 6.73. The van der Waals surface area contributed by atoms with Crippen LogP contribution in [0.3, 0.4) is 0 Å². The average molecular weight is 457 g/mol. The van der Waals surface area contributed by atoms with Crippen molar-refractivity contribution in [3.05, 3.63) is 51.2 Å². The summed E-state index contributed by atoms with van der Waals surface area (Å²) in [7, 11) is 0. The van der Waals surface area contributed by atoms with Crippen LogP contribution < -0.4 is 15.5 Å². The zero-order valence-corrected chi connectivity index (χ0v) is 18.9. The lowest BCUT2D eigenvalue weighted by Crippen LogP contribution is -2.37. The number of pyridine rings is 2. The molecule has 0 atom stereocenters. The second-order valence-corrected chi connectivity index (χ2v) is 8.59. The molecule has 0 bridgehead atoms. The van der Waals surface area contributed by atoms with Crippen LogP contribution in [0.1, 0.15) is 33.4 Å². The fraction of sp³-hybridized carbons (Fsp3) is 0.286. The van der Waals surface area contributed by atoms with Crippen LogP contribution in [-0.2, 0) is 6.42 Å². The summed E-state index contributed by atoms with van der Waals surface area (Å²) in [5.74, 6) is 0.306. The molecule has 4 heterocycles. The Balaban J connectivity index is 1.64. The lowest BCUT2D eigenvalue weighted by atomic mass is 10.1. The van der Waals surface area contributed by atoms with Crippen molar-refractivity contribution >= 4 is 45.8 Å². The van der Waals surface area contributed by atoms with Crippen LogP contribution in [0.5, 0.6) is 0 Å². The number of aryl methyl sites for hydroxylation is 2. The molecular formula is C21H21ClN6O2S. The van der Waals surface area contributed by atoms with E-state index in [4.69, 9.17) is 11.6 Å². The summed E-state index contributed by atoms with van der Waals surface area (Å²) in [4.78, 5) is 40.4. The third kappa shape index (κ3) is 4.24. The molecule has 1 aliphatic heterocycles. The van der Waals surface area contributed by atoms with Crippen molar-refractivity contribution in [1.82, 2.24) is 20.3 Å². The molecule has 0 aromatic carbocycles. The number of urea groups is 1. The van der Waals surface area contributed by atoms with E-state index in [1.165, 1.54) is 0 Å². The molecule has 0 saturated heterocycles. The van der Waals surface area contributed by atoms with Gasteiger partial charge < -0.3 is 5.32 Å². The summed E-state index contributed by atoms with van der Waals surface area (Å²) in [6, 6.07) is 3.49. The molecule has 0 spiro atoms. The molecule has 3 aromatic rings. The quantitative estimate of drug-likeness (QED) is 0.612. The molecule has 2 N–H and O–H groups in total. The summed E-state index contributed by atoms with van der Waals surface area (Å²) in [6.07, 6.45) is 3.90. The van der Waals surface area contributed by atoms with Gasteiger partial charge in [0.05, 0.1) is 16.4 Å². The van der Waals surface area contributed by atoms with Crippen LogP contribution >= 0.6 is 22.9 Å². The molecule has 160 valence electrons. The molecule has 8 nitrogen and oxygen atoms in total. The van der Waals surface area contributed by atoms with Crippen LogP contribution in [0.4, 0.5) is 15.7 Å². The van der Waals surface area contributed by atoms with Crippen molar-refractivity contribution in [2.75, 3.05) is 23.3 Å². The highest BCUT2D eigenvalue weighted by Gasteiger charge is 2.31. The highest BCUT2D eigenvalue weighted by Crippen LogP contribution is 2.34. The van der Waals surface area contributed by atoms with Gasteiger partial charge in [-0.2, -0.15) is 0 Å². The first-order chi connectivity index (χ1) is 14.9. The van der Waals surface area contributed by atoms with E-state index in [0.717, 1.165) is 33.7 Å². The number of nitrogens with zero attached hydrogens (tertiary/aromatic N) is 4. The van der Waals surface area contributed by atoms with Crippen LogP contribution in [0, 0.1) is 13.8 Å². The normalized spacial score (nSPS) is 13.2. The van der Waals surface area contributed by atoms with Crippen molar-refractivity contribution in [2.24, 2.45) is 0 Å². The number of carbonyl (C=O) groups excluding carboxylic acids is 2. The lowest BCUT2D eigenvalue weighted by molar-refractivity contribution is 0.0983. The van der Waals surface area contributed by atoms with Gasteiger partial charge in [-0.05, 0) is 38.0 Å². The minimum absolute atomic E-state index is 0.197. The maximum absolute atomic E-state index is 13.2. The van der Waals surface area contributed by atoms with E-state index in [9.17, 15) is 9.59 Å².